The number of aryl methyl sites for hydroxylation is 1. The topological polar surface area (TPSA) is 79.5 Å². The molecule has 9 heteroatoms. The Bertz CT molecular complexity index is 871. The number of nitrogens with zero attached hydrogens (tertiary/aromatic N) is 3. The first-order chi connectivity index (χ1) is 12.8. The van der Waals surface area contributed by atoms with Gasteiger partial charge in [-0.25, -0.2) is 13.8 Å². The number of halogens is 2. The van der Waals surface area contributed by atoms with Crippen molar-refractivity contribution in [2.24, 2.45) is 0 Å². The first-order valence-electron chi connectivity index (χ1n) is 8.43. The van der Waals surface area contributed by atoms with E-state index >= 15 is 0 Å². The van der Waals surface area contributed by atoms with Crippen molar-refractivity contribution in [2.75, 3.05) is 25.9 Å². The predicted octanol–water partition coefficient (Wildman–Crippen LogP) is 2.96. The molecule has 27 heavy (non-hydrogen) atoms. The fraction of sp³-hybridized carbons (Fsp3) is 0.389. The number of amides is 2. The molecule has 2 aromatic rings. The van der Waals surface area contributed by atoms with Crippen LogP contribution in [0.25, 0.3) is 0 Å². The number of hydrogen-bond acceptors (Lipinski definition) is 5. The Labute approximate surface area is 159 Å². The van der Waals surface area contributed by atoms with E-state index < -0.39 is 6.43 Å². The lowest BCUT2D eigenvalue weighted by Gasteiger charge is -2.24. The molecule has 2 N–H and O–H groups in total. The van der Waals surface area contributed by atoms with Crippen LogP contribution in [0.3, 0.4) is 0 Å². The molecule has 0 saturated carbocycles. The molecule has 0 spiro atoms. The molecular weight excluding hydrogens is 374 g/mol. The van der Waals surface area contributed by atoms with Crippen molar-refractivity contribution in [2.45, 2.75) is 25.8 Å². The van der Waals surface area contributed by atoms with Crippen molar-refractivity contribution in [3.63, 3.8) is 0 Å². The average molecular weight is 394 g/mol. The maximum Gasteiger partial charge on any atom is 0.265 e. The summed E-state index contributed by atoms with van der Waals surface area (Å²) in [4.78, 5) is 32.8. The van der Waals surface area contributed by atoms with Crippen molar-refractivity contribution in [1.29, 1.82) is 0 Å². The molecule has 1 atom stereocenters. The van der Waals surface area contributed by atoms with Crippen LogP contribution in [-0.4, -0.2) is 52.8 Å². The summed E-state index contributed by atoms with van der Waals surface area (Å²) >= 11 is 1.12. The van der Waals surface area contributed by atoms with Crippen molar-refractivity contribution in [1.82, 2.24) is 14.8 Å². The standard InChI is InChI=1S/C18H20F2N4O2S/c1-10-5-11(15(19)20)7-12(6-10)16(25)24-4-3-13(9-24)23(2)17(26)14-8-22-18(21)27-14/h5-8,13,15H,3-4,9H2,1-2H3,(H2,21,22). The van der Waals surface area contributed by atoms with E-state index in [1.807, 2.05) is 0 Å². The molecule has 0 aliphatic carbocycles. The highest BCUT2D eigenvalue weighted by molar-refractivity contribution is 7.17. The normalized spacial score (nSPS) is 16.8. The molecule has 0 bridgehead atoms. The number of aromatic nitrogens is 1. The molecule has 2 heterocycles. The van der Waals surface area contributed by atoms with E-state index in [9.17, 15) is 18.4 Å². The van der Waals surface area contributed by atoms with Crippen molar-refractivity contribution >= 4 is 28.3 Å². The first kappa shape index (κ1) is 19.2. The number of carbonyl (C=O) groups is 2. The number of anilines is 1. The Kier molecular flexibility index (Phi) is 5.41. The predicted molar refractivity (Wildman–Crippen MR) is 99.1 cm³/mol. The van der Waals surface area contributed by atoms with Gasteiger partial charge in [-0.15, -0.1) is 0 Å². The van der Waals surface area contributed by atoms with E-state index in [1.165, 1.54) is 18.3 Å². The zero-order chi connectivity index (χ0) is 19.7. The molecule has 1 fully saturated rings. The molecule has 2 amide bonds. The fourth-order valence-corrected chi connectivity index (χ4v) is 3.88. The average Bonchev–Trinajstić information content (AvgIpc) is 3.28. The largest absolute Gasteiger partial charge is 0.375 e. The van der Waals surface area contributed by atoms with Gasteiger partial charge in [0.1, 0.15) is 4.88 Å². The summed E-state index contributed by atoms with van der Waals surface area (Å²) in [5.41, 5.74) is 6.27. The van der Waals surface area contributed by atoms with Crippen LogP contribution in [0, 0.1) is 6.92 Å². The summed E-state index contributed by atoms with van der Waals surface area (Å²) in [6.45, 7) is 2.50. The third kappa shape index (κ3) is 4.08. The van der Waals surface area contributed by atoms with Crippen LogP contribution < -0.4 is 5.73 Å². The molecule has 1 unspecified atom stereocenters. The Balaban J connectivity index is 1.70. The summed E-state index contributed by atoms with van der Waals surface area (Å²) in [5, 5.41) is 0.323. The van der Waals surface area contributed by atoms with E-state index in [1.54, 1.807) is 29.8 Å². The second kappa shape index (κ2) is 7.59. The lowest BCUT2D eigenvalue weighted by Crippen LogP contribution is -2.39. The first-order valence-corrected chi connectivity index (χ1v) is 9.25. The van der Waals surface area contributed by atoms with Gasteiger partial charge in [0.15, 0.2) is 5.13 Å². The lowest BCUT2D eigenvalue weighted by atomic mass is 10.1. The molecule has 1 aliphatic rings. The zero-order valence-corrected chi connectivity index (χ0v) is 15.8. The molecule has 1 aromatic carbocycles. The number of benzene rings is 1. The van der Waals surface area contributed by atoms with Crippen molar-refractivity contribution in [3.8, 4) is 0 Å². The van der Waals surface area contributed by atoms with E-state index in [-0.39, 0.29) is 29.0 Å². The third-order valence-electron chi connectivity index (χ3n) is 4.65. The monoisotopic (exact) mass is 394 g/mol. The molecule has 1 aromatic heterocycles. The highest BCUT2D eigenvalue weighted by Crippen LogP contribution is 2.25. The number of thiazole rings is 1. The highest BCUT2D eigenvalue weighted by atomic mass is 32.1. The van der Waals surface area contributed by atoms with Gasteiger partial charge in [-0.3, -0.25) is 9.59 Å². The summed E-state index contributed by atoms with van der Waals surface area (Å²) in [6.07, 6.45) is -0.566. The number of carbonyl (C=O) groups excluding carboxylic acids is 2. The number of alkyl halides is 2. The molecule has 1 aliphatic heterocycles. The van der Waals surface area contributed by atoms with Crippen LogP contribution in [0.2, 0.25) is 0 Å². The van der Waals surface area contributed by atoms with Crippen LogP contribution in [0.5, 0.6) is 0 Å². The highest BCUT2D eigenvalue weighted by Gasteiger charge is 2.32. The van der Waals surface area contributed by atoms with E-state index in [2.05, 4.69) is 4.98 Å². The third-order valence-corrected chi connectivity index (χ3v) is 5.47. The Morgan fingerprint density at radius 3 is 2.74 bits per heavy atom. The Hall–Kier alpha value is -2.55. The molecule has 0 radical (unpaired) electrons. The smallest absolute Gasteiger partial charge is 0.265 e. The molecular formula is C18H20F2N4O2S. The van der Waals surface area contributed by atoms with Gasteiger partial charge in [-0.05, 0) is 31.0 Å². The van der Waals surface area contributed by atoms with Crippen LogP contribution in [-0.2, 0) is 0 Å². The number of hydrogen-bond donors (Lipinski definition) is 1. The number of rotatable bonds is 4. The second-order valence-corrected chi connectivity index (χ2v) is 7.67. The van der Waals surface area contributed by atoms with Gasteiger partial charge >= 0.3 is 0 Å². The van der Waals surface area contributed by atoms with Crippen molar-refractivity contribution in [3.05, 3.63) is 46.0 Å². The van der Waals surface area contributed by atoms with Gasteiger partial charge in [0.25, 0.3) is 18.2 Å². The van der Waals surface area contributed by atoms with Gasteiger partial charge in [0.2, 0.25) is 0 Å². The number of likely N-dealkylation sites (N-methyl/N-ethyl adjacent to an activating group) is 1. The Morgan fingerprint density at radius 2 is 2.11 bits per heavy atom. The fourth-order valence-electron chi connectivity index (χ4n) is 3.21. The minimum Gasteiger partial charge on any atom is -0.375 e. The van der Waals surface area contributed by atoms with E-state index in [0.717, 1.165) is 11.3 Å². The number of nitrogens with two attached hydrogens (primary N) is 1. The second-order valence-electron chi connectivity index (χ2n) is 6.61. The zero-order valence-electron chi connectivity index (χ0n) is 15.0. The van der Waals surface area contributed by atoms with Gasteiger partial charge < -0.3 is 15.5 Å². The van der Waals surface area contributed by atoms with Gasteiger partial charge in [-0.2, -0.15) is 0 Å². The van der Waals surface area contributed by atoms with Crippen LogP contribution in [0.15, 0.2) is 24.4 Å². The minimum absolute atomic E-state index is 0.149. The van der Waals surface area contributed by atoms with Gasteiger partial charge in [-0.1, -0.05) is 17.4 Å². The summed E-state index contributed by atoms with van der Waals surface area (Å²) in [7, 11) is 1.68. The summed E-state index contributed by atoms with van der Waals surface area (Å²) < 4.78 is 26.0. The molecule has 1 saturated heterocycles. The maximum absolute atomic E-state index is 13.0. The van der Waals surface area contributed by atoms with Crippen LogP contribution >= 0.6 is 11.3 Å². The van der Waals surface area contributed by atoms with E-state index in [4.69, 9.17) is 5.73 Å². The Morgan fingerprint density at radius 1 is 1.37 bits per heavy atom. The summed E-state index contributed by atoms with van der Waals surface area (Å²) in [6, 6.07) is 4.07. The van der Waals surface area contributed by atoms with E-state index in [0.29, 0.717) is 35.1 Å². The van der Waals surface area contributed by atoms with Crippen LogP contribution in [0.4, 0.5) is 13.9 Å². The number of likely N-dealkylation sites (tertiary alicyclic amines) is 1. The lowest BCUT2D eigenvalue weighted by molar-refractivity contribution is 0.0703. The minimum atomic E-state index is -2.63. The van der Waals surface area contributed by atoms with Gasteiger partial charge in [0.05, 0.1) is 12.2 Å². The SMILES string of the molecule is Cc1cc(C(=O)N2CCC(N(C)C(=O)c3cnc(N)s3)C2)cc(C(F)F)c1. The van der Waals surface area contributed by atoms with Gasteiger partial charge in [0, 0.05) is 31.3 Å². The maximum atomic E-state index is 13.0. The van der Waals surface area contributed by atoms with Crippen LogP contribution in [0.1, 0.15) is 44.0 Å². The molecule has 6 nitrogen and oxygen atoms in total. The number of nitrogen functional groups attached to an aromatic ring is 1. The van der Waals surface area contributed by atoms with Crippen molar-refractivity contribution < 1.29 is 18.4 Å². The molecule has 3 rings (SSSR count). The molecule has 144 valence electrons. The quantitative estimate of drug-likeness (QED) is 0.865. The summed E-state index contributed by atoms with van der Waals surface area (Å²) in [5.74, 6) is -0.495.